The van der Waals surface area contributed by atoms with E-state index in [2.05, 4.69) is 15.3 Å². The van der Waals surface area contributed by atoms with Crippen molar-refractivity contribution in [3.63, 3.8) is 0 Å². The third-order valence-corrected chi connectivity index (χ3v) is 6.82. The molecule has 0 saturated carbocycles. The Morgan fingerprint density at radius 2 is 2.00 bits per heavy atom. The lowest BCUT2D eigenvalue weighted by Crippen LogP contribution is -2.47. The van der Waals surface area contributed by atoms with Crippen molar-refractivity contribution in [2.45, 2.75) is 89.9 Å². The number of halogens is 1. The number of aliphatic hydroxyl groups excluding tert-OH is 1. The number of nitrogens with one attached hydrogen (secondary N) is 1. The van der Waals surface area contributed by atoms with Gasteiger partial charge in [-0.3, -0.25) is 0 Å². The van der Waals surface area contributed by atoms with Crippen molar-refractivity contribution in [3.05, 3.63) is 35.5 Å². The Morgan fingerprint density at radius 1 is 1.24 bits per heavy atom. The van der Waals surface area contributed by atoms with Gasteiger partial charge >= 0.3 is 0 Å². The van der Waals surface area contributed by atoms with E-state index in [1.165, 1.54) is 6.07 Å². The van der Waals surface area contributed by atoms with Crippen molar-refractivity contribution in [2.24, 2.45) is 0 Å². The SMILES string of the molecule is Cc1cnc(N[C@@H]2C[C@H]3CC[C@H](O3)[C@H]2O)nc1-c1cc(F)c2nc(C(C)(C)O)n(C(C)C)c2c1. The Bertz CT molecular complexity index is 1240. The lowest BCUT2D eigenvalue weighted by molar-refractivity contribution is -0.0811. The number of benzene rings is 1. The summed E-state index contributed by atoms with van der Waals surface area (Å²) in [6.07, 6.45) is 3.58. The van der Waals surface area contributed by atoms with Crippen molar-refractivity contribution in [1.82, 2.24) is 19.5 Å². The first-order valence-electron chi connectivity index (χ1n) is 11.9. The average Bonchev–Trinajstić information content (AvgIpc) is 3.35. The van der Waals surface area contributed by atoms with Gasteiger partial charge in [-0.25, -0.2) is 19.3 Å². The molecule has 0 radical (unpaired) electrons. The van der Waals surface area contributed by atoms with E-state index < -0.39 is 17.5 Å². The van der Waals surface area contributed by atoms with E-state index in [0.717, 1.165) is 18.4 Å². The minimum absolute atomic E-state index is 0.0322. The lowest BCUT2D eigenvalue weighted by atomic mass is 10.0. The number of hydrogen-bond donors (Lipinski definition) is 3. The van der Waals surface area contributed by atoms with Gasteiger partial charge in [0.25, 0.3) is 0 Å². The zero-order valence-corrected chi connectivity index (χ0v) is 20.2. The first kappa shape index (κ1) is 23.1. The van der Waals surface area contributed by atoms with Crippen molar-refractivity contribution in [3.8, 4) is 11.3 Å². The molecule has 4 heterocycles. The lowest BCUT2D eigenvalue weighted by Gasteiger charge is -2.34. The van der Waals surface area contributed by atoms with Crippen LogP contribution in [0.3, 0.4) is 0 Å². The van der Waals surface area contributed by atoms with Crippen LogP contribution in [-0.4, -0.2) is 54.1 Å². The van der Waals surface area contributed by atoms with Gasteiger partial charge in [-0.05, 0) is 71.6 Å². The van der Waals surface area contributed by atoms with Gasteiger partial charge in [0.2, 0.25) is 5.95 Å². The normalized spacial score (nSPS) is 24.9. The summed E-state index contributed by atoms with van der Waals surface area (Å²) in [7, 11) is 0. The van der Waals surface area contributed by atoms with E-state index in [-0.39, 0.29) is 29.8 Å². The van der Waals surface area contributed by atoms with Crippen LogP contribution in [0.5, 0.6) is 0 Å². The molecular weight excluding hydrogens is 437 g/mol. The van der Waals surface area contributed by atoms with Gasteiger partial charge in [0, 0.05) is 17.8 Å². The second kappa shape index (κ2) is 8.25. The van der Waals surface area contributed by atoms with Gasteiger partial charge in [-0.15, -0.1) is 0 Å². The summed E-state index contributed by atoms with van der Waals surface area (Å²) in [5, 5.41) is 24.6. The van der Waals surface area contributed by atoms with Crippen molar-refractivity contribution < 1.29 is 19.3 Å². The molecule has 2 aromatic heterocycles. The highest BCUT2D eigenvalue weighted by Gasteiger charge is 2.42. The number of imidazole rings is 1. The van der Waals surface area contributed by atoms with E-state index in [9.17, 15) is 10.2 Å². The molecule has 0 amide bonds. The van der Waals surface area contributed by atoms with Crippen molar-refractivity contribution >= 4 is 17.0 Å². The monoisotopic (exact) mass is 469 g/mol. The summed E-state index contributed by atoms with van der Waals surface area (Å²) in [5.74, 6) is 0.334. The third kappa shape index (κ3) is 3.95. The minimum Gasteiger partial charge on any atom is -0.388 e. The Labute approximate surface area is 198 Å². The van der Waals surface area contributed by atoms with Crippen LogP contribution >= 0.6 is 0 Å². The quantitative estimate of drug-likeness (QED) is 0.521. The fraction of sp³-hybridized carbons (Fsp3) is 0.560. The number of aryl methyl sites for hydroxylation is 1. The number of nitrogens with zero attached hydrogens (tertiary/aromatic N) is 4. The van der Waals surface area contributed by atoms with E-state index in [1.54, 1.807) is 20.0 Å². The van der Waals surface area contributed by atoms with Crippen LogP contribution in [0.15, 0.2) is 18.3 Å². The smallest absolute Gasteiger partial charge is 0.223 e. The maximum atomic E-state index is 15.3. The largest absolute Gasteiger partial charge is 0.388 e. The third-order valence-electron chi connectivity index (χ3n) is 6.82. The zero-order valence-electron chi connectivity index (χ0n) is 20.2. The number of aliphatic hydroxyl groups is 2. The number of rotatable bonds is 5. The summed E-state index contributed by atoms with van der Waals surface area (Å²) in [6.45, 7) is 9.13. The Hall–Kier alpha value is -2.62. The molecule has 2 aliphatic heterocycles. The molecule has 4 atom stereocenters. The van der Waals surface area contributed by atoms with Crippen molar-refractivity contribution in [1.29, 1.82) is 0 Å². The van der Waals surface area contributed by atoms with E-state index in [4.69, 9.17) is 9.72 Å². The number of ether oxygens (including phenoxy) is 1. The second-order valence-electron chi connectivity index (χ2n) is 10.4. The molecule has 2 bridgehead atoms. The maximum absolute atomic E-state index is 15.3. The summed E-state index contributed by atoms with van der Waals surface area (Å²) in [6, 6.07) is 3.06. The fourth-order valence-corrected chi connectivity index (χ4v) is 5.20. The molecule has 34 heavy (non-hydrogen) atoms. The molecule has 0 aliphatic carbocycles. The molecule has 2 fully saturated rings. The molecule has 8 nitrogen and oxygen atoms in total. The highest BCUT2D eigenvalue weighted by molar-refractivity contribution is 5.83. The number of hydrogen-bond acceptors (Lipinski definition) is 7. The Morgan fingerprint density at radius 3 is 2.71 bits per heavy atom. The second-order valence-corrected chi connectivity index (χ2v) is 10.4. The molecule has 1 aromatic carbocycles. The molecule has 0 unspecified atom stereocenters. The molecule has 2 saturated heterocycles. The predicted octanol–water partition coefficient (Wildman–Crippen LogP) is 3.84. The average molecular weight is 470 g/mol. The topological polar surface area (TPSA) is 105 Å². The summed E-state index contributed by atoms with van der Waals surface area (Å²) >= 11 is 0. The molecule has 5 rings (SSSR count). The predicted molar refractivity (Wildman–Crippen MR) is 127 cm³/mol. The van der Waals surface area contributed by atoms with Crippen LogP contribution in [0.2, 0.25) is 0 Å². The van der Waals surface area contributed by atoms with Crippen LogP contribution in [-0.2, 0) is 10.3 Å². The van der Waals surface area contributed by atoms with Gasteiger partial charge in [0.05, 0.1) is 29.5 Å². The summed E-state index contributed by atoms with van der Waals surface area (Å²) < 4.78 is 22.9. The minimum atomic E-state index is -1.22. The first-order chi connectivity index (χ1) is 16.0. The highest BCUT2D eigenvalue weighted by Crippen LogP contribution is 2.35. The van der Waals surface area contributed by atoms with Crippen LogP contribution in [0.4, 0.5) is 10.3 Å². The van der Waals surface area contributed by atoms with Crippen LogP contribution < -0.4 is 5.32 Å². The maximum Gasteiger partial charge on any atom is 0.223 e. The molecule has 3 aromatic rings. The Balaban J connectivity index is 1.55. The number of anilines is 1. The van der Waals surface area contributed by atoms with Gasteiger partial charge in [0.1, 0.15) is 23.0 Å². The van der Waals surface area contributed by atoms with Gasteiger partial charge in [-0.2, -0.15) is 0 Å². The van der Waals surface area contributed by atoms with Crippen molar-refractivity contribution in [2.75, 3.05) is 5.32 Å². The summed E-state index contributed by atoms with van der Waals surface area (Å²) in [4.78, 5) is 13.6. The molecule has 0 spiro atoms. The summed E-state index contributed by atoms with van der Waals surface area (Å²) in [5.41, 5.74) is 1.61. The van der Waals surface area contributed by atoms with Crippen LogP contribution in [0, 0.1) is 12.7 Å². The highest BCUT2D eigenvalue weighted by atomic mass is 19.1. The van der Waals surface area contributed by atoms with Crippen LogP contribution in [0.1, 0.15) is 64.4 Å². The molecule has 9 heteroatoms. The number of aromatic nitrogens is 4. The van der Waals surface area contributed by atoms with Crippen LogP contribution in [0.25, 0.3) is 22.3 Å². The molecule has 3 N–H and O–H groups in total. The molecule has 182 valence electrons. The first-order valence-corrected chi connectivity index (χ1v) is 11.9. The molecule has 2 aliphatic rings. The fourth-order valence-electron chi connectivity index (χ4n) is 5.20. The molecular formula is C25H32FN5O3. The zero-order chi connectivity index (χ0) is 24.4. The standard InChI is InChI=1S/C25H32FN5O3/c1-12(2)31-18-9-14(8-16(26)21(18)29-23(31)25(4,5)33)20-13(3)11-27-24(30-20)28-17-10-15-6-7-19(34-15)22(17)32/h8-9,11-12,15,17,19,22,32-33H,6-7,10H2,1-5H3,(H,27,28,30)/t15-,17-,19+,22+/m1/s1. The van der Waals surface area contributed by atoms with E-state index in [0.29, 0.717) is 35.0 Å². The van der Waals surface area contributed by atoms with Gasteiger partial charge < -0.3 is 24.8 Å². The van der Waals surface area contributed by atoms with Gasteiger partial charge in [-0.1, -0.05) is 0 Å². The van der Waals surface area contributed by atoms with E-state index >= 15 is 4.39 Å². The number of fused-ring (bicyclic) bond motifs is 3. The Kier molecular flexibility index (Phi) is 5.61. The van der Waals surface area contributed by atoms with E-state index in [1.807, 2.05) is 31.4 Å². The van der Waals surface area contributed by atoms with Gasteiger partial charge in [0.15, 0.2) is 5.82 Å².